The van der Waals surface area contributed by atoms with Crippen LogP contribution in [0.15, 0.2) is 18.3 Å². The van der Waals surface area contributed by atoms with Gasteiger partial charge in [0.2, 0.25) is 0 Å². The number of nitrogens with one attached hydrogen (secondary N) is 1. The Bertz CT molecular complexity index is 577. The molecule has 0 aromatic carbocycles. The molecule has 1 aliphatic rings. The molecule has 2 aromatic heterocycles. The Hall–Kier alpha value is -1.16. The van der Waals surface area contributed by atoms with Gasteiger partial charge in [0.25, 0.3) is 0 Å². The molecule has 2 aromatic rings. The van der Waals surface area contributed by atoms with Gasteiger partial charge in [0.15, 0.2) is 10.4 Å². The van der Waals surface area contributed by atoms with Crippen LogP contribution in [0.25, 0.3) is 11.2 Å². The van der Waals surface area contributed by atoms with Crippen molar-refractivity contribution >= 4 is 23.4 Å². The van der Waals surface area contributed by atoms with Crippen LogP contribution in [0.3, 0.4) is 0 Å². The average molecular weight is 233 g/mol. The summed E-state index contributed by atoms with van der Waals surface area (Å²) in [5.74, 6) is 0. The molecule has 16 heavy (non-hydrogen) atoms. The lowest BCUT2D eigenvalue weighted by Gasteiger charge is -2.38. The summed E-state index contributed by atoms with van der Waals surface area (Å²) in [6.45, 7) is 3.32. The smallest absolute Gasteiger partial charge is 0.179 e. The van der Waals surface area contributed by atoms with E-state index in [9.17, 15) is 0 Å². The quantitative estimate of drug-likeness (QED) is 0.808. The predicted octanol–water partition coefficient (Wildman–Crippen LogP) is 3.28. The van der Waals surface area contributed by atoms with Crippen molar-refractivity contribution in [2.45, 2.75) is 32.7 Å². The molecule has 0 amide bonds. The van der Waals surface area contributed by atoms with Crippen LogP contribution in [0.2, 0.25) is 0 Å². The van der Waals surface area contributed by atoms with E-state index in [1.807, 2.05) is 18.3 Å². The van der Waals surface area contributed by atoms with Crippen LogP contribution in [0, 0.1) is 10.2 Å². The summed E-state index contributed by atoms with van der Waals surface area (Å²) in [6, 6.07) is 3.96. The van der Waals surface area contributed by atoms with Crippen molar-refractivity contribution in [3.63, 3.8) is 0 Å². The molecule has 0 atom stereocenters. The number of imidazole rings is 1. The van der Waals surface area contributed by atoms with Gasteiger partial charge < -0.3 is 9.55 Å². The zero-order valence-electron chi connectivity index (χ0n) is 9.36. The van der Waals surface area contributed by atoms with Crippen molar-refractivity contribution in [2.75, 3.05) is 0 Å². The third kappa shape index (κ3) is 1.48. The Morgan fingerprint density at radius 2 is 2.38 bits per heavy atom. The fourth-order valence-corrected chi connectivity index (χ4v) is 2.72. The van der Waals surface area contributed by atoms with Crippen LogP contribution in [-0.2, 0) is 6.54 Å². The number of aromatic amines is 1. The molecule has 1 fully saturated rings. The van der Waals surface area contributed by atoms with Crippen LogP contribution in [0.5, 0.6) is 0 Å². The fourth-order valence-electron chi connectivity index (χ4n) is 2.46. The van der Waals surface area contributed by atoms with Crippen molar-refractivity contribution in [2.24, 2.45) is 5.41 Å². The van der Waals surface area contributed by atoms with Crippen LogP contribution < -0.4 is 0 Å². The minimum absolute atomic E-state index is 0.421. The summed E-state index contributed by atoms with van der Waals surface area (Å²) in [7, 11) is 0. The lowest BCUT2D eigenvalue weighted by atomic mass is 9.70. The van der Waals surface area contributed by atoms with Gasteiger partial charge in [-0.15, -0.1) is 0 Å². The average Bonchev–Trinajstić information content (AvgIpc) is 2.53. The number of pyridine rings is 1. The highest BCUT2D eigenvalue weighted by atomic mass is 32.1. The van der Waals surface area contributed by atoms with Gasteiger partial charge in [-0.3, -0.25) is 0 Å². The van der Waals surface area contributed by atoms with Gasteiger partial charge in [0.1, 0.15) is 0 Å². The lowest BCUT2D eigenvalue weighted by molar-refractivity contribution is 0.133. The zero-order chi connectivity index (χ0) is 11.2. The molecule has 1 aliphatic carbocycles. The van der Waals surface area contributed by atoms with Gasteiger partial charge in [0, 0.05) is 12.7 Å². The van der Waals surface area contributed by atoms with Gasteiger partial charge in [-0.25, -0.2) is 4.98 Å². The van der Waals surface area contributed by atoms with Crippen LogP contribution in [0.4, 0.5) is 0 Å². The number of fused-ring (bicyclic) bond motifs is 1. The molecular weight excluding hydrogens is 218 g/mol. The Morgan fingerprint density at radius 1 is 1.56 bits per heavy atom. The standard InChI is InChI=1S/C12H15N3S/c1-12(5-3-6-12)8-15-10-9(14-11(15)16)4-2-7-13-10/h2,4,7H,3,5-6,8H2,1H3,(H,14,16). The van der Waals surface area contributed by atoms with Gasteiger partial charge >= 0.3 is 0 Å². The highest BCUT2D eigenvalue weighted by molar-refractivity contribution is 7.71. The lowest BCUT2D eigenvalue weighted by Crippen LogP contribution is -2.30. The topological polar surface area (TPSA) is 33.6 Å². The van der Waals surface area contributed by atoms with E-state index in [1.165, 1.54) is 19.3 Å². The first-order valence-electron chi connectivity index (χ1n) is 5.72. The molecule has 0 saturated heterocycles. The molecular formula is C12H15N3S. The number of nitrogens with zero attached hydrogens (tertiary/aromatic N) is 2. The van der Waals surface area contributed by atoms with E-state index >= 15 is 0 Å². The Balaban J connectivity index is 2.08. The van der Waals surface area contributed by atoms with Gasteiger partial charge in [-0.05, 0) is 42.6 Å². The SMILES string of the molecule is CC1(Cn2c(=S)[nH]c3cccnc32)CCC1. The number of hydrogen-bond donors (Lipinski definition) is 1. The van der Waals surface area contributed by atoms with E-state index in [0.717, 1.165) is 22.5 Å². The minimum Gasteiger partial charge on any atom is -0.329 e. The molecule has 0 radical (unpaired) electrons. The molecule has 0 bridgehead atoms. The first-order chi connectivity index (χ1) is 7.68. The molecule has 0 unspecified atom stereocenters. The van der Waals surface area contributed by atoms with E-state index in [2.05, 4.69) is 21.5 Å². The van der Waals surface area contributed by atoms with Crippen molar-refractivity contribution in [3.05, 3.63) is 23.1 Å². The van der Waals surface area contributed by atoms with Crippen LogP contribution in [0.1, 0.15) is 26.2 Å². The molecule has 1 N–H and O–H groups in total. The second-order valence-electron chi connectivity index (χ2n) is 5.06. The molecule has 0 spiro atoms. The monoisotopic (exact) mass is 233 g/mol. The zero-order valence-corrected chi connectivity index (χ0v) is 10.2. The summed E-state index contributed by atoms with van der Waals surface area (Å²) < 4.78 is 2.94. The third-order valence-electron chi connectivity index (χ3n) is 3.63. The Labute approximate surface area is 99.5 Å². The number of rotatable bonds is 2. The molecule has 3 nitrogen and oxygen atoms in total. The van der Waals surface area contributed by atoms with Gasteiger partial charge in [-0.1, -0.05) is 13.3 Å². The summed E-state index contributed by atoms with van der Waals surface area (Å²) in [4.78, 5) is 7.62. The van der Waals surface area contributed by atoms with Gasteiger partial charge in [0.05, 0.1) is 5.52 Å². The van der Waals surface area contributed by atoms with Crippen molar-refractivity contribution in [1.29, 1.82) is 0 Å². The maximum Gasteiger partial charge on any atom is 0.179 e. The summed E-state index contributed by atoms with van der Waals surface area (Å²) in [5.41, 5.74) is 2.45. The van der Waals surface area contributed by atoms with Crippen molar-refractivity contribution in [3.8, 4) is 0 Å². The molecule has 2 heterocycles. The summed E-state index contributed by atoms with van der Waals surface area (Å²) in [5, 5.41) is 0. The fraction of sp³-hybridized carbons (Fsp3) is 0.500. The third-order valence-corrected chi connectivity index (χ3v) is 3.95. The predicted molar refractivity (Wildman–Crippen MR) is 66.9 cm³/mol. The molecule has 3 rings (SSSR count). The summed E-state index contributed by atoms with van der Waals surface area (Å²) >= 11 is 5.36. The second kappa shape index (κ2) is 3.42. The van der Waals surface area contributed by atoms with Crippen LogP contribution in [-0.4, -0.2) is 14.5 Å². The number of hydrogen-bond acceptors (Lipinski definition) is 2. The van der Waals surface area contributed by atoms with E-state index in [0.29, 0.717) is 5.41 Å². The number of aromatic nitrogens is 3. The summed E-state index contributed by atoms with van der Waals surface area (Å²) in [6.07, 6.45) is 5.77. The molecule has 0 aliphatic heterocycles. The maximum atomic E-state index is 5.36. The molecule has 1 saturated carbocycles. The molecule has 4 heteroatoms. The first kappa shape index (κ1) is 10.0. The van der Waals surface area contributed by atoms with Gasteiger partial charge in [-0.2, -0.15) is 0 Å². The van der Waals surface area contributed by atoms with Crippen LogP contribution >= 0.6 is 12.2 Å². The molecule has 84 valence electrons. The highest BCUT2D eigenvalue weighted by Gasteiger charge is 2.32. The number of H-pyrrole nitrogens is 1. The van der Waals surface area contributed by atoms with Crippen molar-refractivity contribution < 1.29 is 0 Å². The normalized spacial score (nSPS) is 18.6. The van der Waals surface area contributed by atoms with E-state index < -0.39 is 0 Å². The highest BCUT2D eigenvalue weighted by Crippen LogP contribution is 2.42. The van der Waals surface area contributed by atoms with E-state index in [4.69, 9.17) is 12.2 Å². The van der Waals surface area contributed by atoms with Crippen molar-refractivity contribution in [1.82, 2.24) is 14.5 Å². The minimum atomic E-state index is 0.421. The Kier molecular flexibility index (Phi) is 2.14. The first-order valence-corrected chi connectivity index (χ1v) is 6.12. The second-order valence-corrected chi connectivity index (χ2v) is 5.44. The van der Waals surface area contributed by atoms with E-state index in [-0.39, 0.29) is 0 Å². The Morgan fingerprint density at radius 3 is 3.06 bits per heavy atom. The largest absolute Gasteiger partial charge is 0.329 e. The maximum absolute atomic E-state index is 5.36. The van der Waals surface area contributed by atoms with E-state index in [1.54, 1.807) is 0 Å².